The minimum absolute atomic E-state index is 0.0775. The Bertz CT molecular complexity index is 1580. The number of hydrogen-bond donors (Lipinski definition) is 0. The monoisotopic (exact) mass is 494 g/mol. The van der Waals surface area contributed by atoms with Crippen LogP contribution in [0.3, 0.4) is 0 Å². The van der Waals surface area contributed by atoms with Gasteiger partial charge in [-0.25, -0.2) is 8.78 Å². The maximum absolute atomic E-state index is 13.7. The first-order chi connectivity index (χ1) is 18.7. The molecule has 2 unspecified atom stereocenters. The Morgan fingerprint density at radius 2 is 0.763 bits per heavy atom. The molecule has 0 saturated carbocycles. The lowest BCUT2D eigenvalue weighted by Gasteiger charge is -2.21. The van der Waals surface area contributed by atoms with E-state index in [0.717, 1.165) is 11.1 Å². The largest absolute Gasteiger partial charge is 0.207 e. The summed E-state index contributed by atoms with van der Waals surface area (Å²) in [6.07, 6.45) is 4.45. The highest BCUT2D eigenvalue weighted by molar-refractivity contribution is 5.95. The van der Waals surface area contributed by atoms with Gasteiger partial charge in [-0.15, -0.1) is 0 Å². The molecule has 0 saturated heterocycles. The summed E-state index contributed by atoms with van der Waals surface area (Å²) in [5.41, 5.74) is 11.7. The average molecular weight is 495 g/mol. The molecule has 0 N–H and O–H groups in total. The summed E-state index contributed by atoms with van der Waals surface area (Å²) in [6.45, 7) is 0. The molecule has 2 aliphatic rings. The van der Waals surface area contributed by atoms with E-state index < -0.39 is 0 Å². The Balaban J connectivity index is 1.29. The van der Waals surface area contributed by atoms with Gasteiger partial charge in [0.2, 0.25) is 0 Å². The molecule has 0 aromatic heterocycles. The SMILES string of the molecule is Fc1ccc(C2=Cc3ccccc3C2c2ccc(C3C(c4ccc(F)cc4)=Cc4ccccc43)cc2)cc1. The lowest BCUT2D eigenvalue weighted by molar-refractivity contribution is 0.627. The van der Waals surface area contributed by atoms with E-state index in [1.54, 1.807) is 0 Å². The van der Waals surface area contributed by atoms with Crippen LogP contribution in [0.15, 0.2) is 121 Å². The molecule has 0 spiro atoms. The fraction of sp³-hybridized carbons (Fsp3) is 0.0556. The van der Waals surface area contributed by atoms with Crippen molar-refractivity contribution >= 4 is 23.3 Å². The molecule has 0 amide bonds. The molecule has 5 aromatic rings. The van der Waals surface area contributed by atoms with Gasteiger partial charge in [0, 0.05) is 11.8 Å². The molecule has 182 valence electrons. The van der Waals surface area contributed by atoms with Crippen LogP contribution in [0.2, 0.25) is 0 Å². The van der Waals surface area contributed by atoms with Crippen LogP contribution in [0.25, 0.3) is 23.3 Å². The summed E-state index contributed by atoms with van der Waals surface area (Å²) in [5.74, 6) is -0.303. The predicted octanol–water partition coefficient (Wildman–Crippen LogP) is 9.34. The molecule has 2 atom stereocenters. The van der Waals surface area contributed by atoms with Gasteiger partial charge in [-0.3, -0.25) is 0 Å². The van der Waals surface area contributed by atoms with Crippen molar-refractivity contribution in [1.82, 2.24) is 0 Å². The summed E-state index contributed by atoms with van der Waals surface area (Å²) in [5, 5.41) is 0. The van der Waals surface area contributed by atoms with Gasteiger partial charge in [-0.2, -0.15) is 0 Å². The van der Waals surface area contributed by atoms with Crippen LogP contribution in [0.5, 0.6) is 0 Å². The Morgan fingerprint density at radius 1 is 0.395 bits per heavy atom. The van der Waals surface area contributed by atoms with E-state index in [1.807, 2.05) is 24.3 Å². The van der Waals surface area contributed by atoms with Crippen molar-refractivity contribution in [2.24, 2.45) is 0 Å². The normalized spacial score (nSPS) is 17.5. The Labute approximate surface area is 221 Å². The smallest absolute Gasteiger partial charge is 0.123 e. The standard InChI is InChI=1S/C36H24F2/c37-29-17-13-23(14-18-29)33-21-27-5-1-3-7-31(27)35(33)25-9-11-26(12-10-25)36-32-8-4-2-6-28(32)22-34(36)24-15-19-30(38)20-16-24/h1-22,35-36H. The van der Waals surface area contributed by atoms with Gasteiger partial charge in [0.1, 0.15) is 11.6 Å². The van der Waals surface area contributed by atoms with Gasteiger partial charge in [-0.05, 0) is 92.1 Å². The quantitative estimate of drug-likeness (QED) is 0.233. The number of fused-ring (bicyclic) bond motifs is 2. The molecular weight excluding hydrogens is 470 g/mol. The molecule has 0 bridgehead atoms. The van der Waals surface area contributed by atoms with Gasteiger partial charge < -0.3 is 0 Å². The highest BCUT2D eigenvalue weighted by atomic mass is 19.1. The van der Waals surface area contributed by atoms with Crippen LogP contribution < -0.4 is 0 Å². The molecular formula is C36H24F2. The van der Waals surface area contributed by atoms with Crippen LogP contribution in [0.1, 0.15) is 56.3 Å². The second-order valence-corrected chi connectivity index (χ2v) is 10.0. The van der Waals surface area contributed by atoms with E-state index >= 15 is 0 Å². The topological polar surface area (TPSA) is 0 Å². The highest BCUT2D eigenvalue weighted by Gasteiger charge is 2.30. The number of hydrogen-bond acceptors (Lipinski definition) is 0. The van der Waals surface area contributed by atoms with Gasteiger partial charge in [0.25, 0.3) is 0 Å². The molecule has 0 aliphatic heterocycles. The maximum atomic E-state index is 13.7. The van der Waals surface area contributed by atoms with Crippen LogP contribution in [0.4, 0.5) is 8.78 Å². The van der Waals surface area contributed by atoms with Gasteiger partial charge in [0.15, 0.2) is 0 Å². The first-order valence-electron chi connectivity index (χ1n) is 12.9. The fourth-order valence-corrected chi connectivity index (χ4v) is 6.03. The lowest BCUT2D eigenvalue weighted by Crippen LogP contribution is -2.04. The summed E-state index contributed by atoms with van der Waals surface area (Å²) in [4.78, 5) is 0. The second-order valence-electron chi connectivity index (χ2n) is 10.0. The zero-order chi connectivity index (χ0) is 25.6. The van der Waals surface area contributed by atoms with E-state index in [9.17, 15) is 8.78 Å². The third-order valence-corrected chi connectivity index (χ3v) is 7.82. The zero-order valence-electron chi connectivity index (χ0n) is 20.6. The van der Waals surface area contributed by atoms with E-state index in [-0.39, 0.29) is 23.5 Å². The Morgan fingerprint density at radius 3 is 1.16 bits per heavy atom. The Kier molecular flexibility index (Phi) is 5.40. The van der Waals surface area contributed by atoms with Crippen molar-refractivity contribution in [3.63, 3.8) is 0 Å². The van der Waals surface area contributed by atoms with Gasteiger partial charge >= 0.3 is 0 Å². The molecule has 38 heavy (non-hydrogen) atoms. The average Bonchev–Trinajstić information content (AvgIpc) is 3.53. The van der Waals surface area contributed by atoms with Crippen LogP contribution in [-0.2, 0) is 0 Å². The number of allylic oxidation sites excluding steroid dienone is 2. The maximum Gasteiger partial charge on any atom is 0.123 e. The minimum atomic E-state index is -0.229. The van der Waals surface area contributed by atoms with Crippen molar-refractivity contribution in [2.45, 2.75) is 11.8 Å². The number of rotatable bonds is 4. The molecule has 0 nitrogen and oxygen atoms in total. The molecule has 0 radical (unpaired) electrons. The van der Waals surface area contributed by atoms with Gasteiger partial charge in [-0.1, -0.05) is 97.1 Å². The van der Waals surface area contributed by atoms with Crippen LogP contribution in [0, 0.1) is 11.6 Å². The van der Waals surface area contributed by atoms with Crippen LogP contribution >= 0.6 is 0 Å². The fourth-order valence-electron chi connectivity index (χ4n) is 6.03. The van der Waals surface area contributed by atoms with E-state index in [2.05, 4.69) is 84.9 Å². The lowest BCUT2D eigenvalue weighted by atomic mass is 9.82. The first-order valence-corrected chi connectivity index (χ1v) is 12.9. The molecule has 2 aliphatic carbocycles. The molecule has 0 fully saturated rings. The number of benzene rings is 5. The van der Waals surface area contributed by atoms with E-state index in [1.165, 1.54) is 68.8 Å². The Hall–Kier alpha value is -4.56. The molecule has 2 heteroatoms. The third kappa shape index (κ3) is 3.81. The molecule has 0 heterocycles. The molecule has 7 rings (SSSR count). The third-order valence-electron chi connectivity index (χ3n) is 7.82. The van der Waals surface area contributed by atoms with Crippen molar-refractivity contribution in [1.29, 1.82) is 0 Å². The van der Waals surface area contributed by atoms with Crippen molar-refractivity contribution < 1.29 is 8.78 Å². The highest BCUT2D eigenvalue weighted by Crippen LogP contribution is 2.48. The summed E-state index contributed by atoms with van der Waals surface area (Å²) in [6, 6.07) is 39.4. The summed E-state index contributed by atoms with van der Waals surface area (Å²) >= 11 is 0. The van der Waals surface area contributed by atoms with E-state index in [0.29, 0.717) is 0 Å². The number of halogens is 2. The zero-order valence-corrected chi connectivity index (χ0v) is 20.6. The van der Waals surface area contributed by atoms with Crippen LogP contribution in [-0.4, -0.2) is 0 Å². The van der Waals surface area contributed by atoms with Gasteiger partial charge in [0.05, 0.1) is 0 Å². The van der Waals surface area contributed by atoms with Crippen molar-refractivity contribution in [2.75, 3.05) is 0 Å². The van der Waals surface area contributed by atoms with Crippen molar-refractivity contribution in [3.05, 3.63) is 177 Å². The minimum Gasteiger partial charge on any atom is -0.207 e. The summed E-state index contributed by atoms with van der Waals surface area (Å²) < 4.78 is 27.4. The van der Waals surface area contributed by atoms with E-state index in [4.69, 9.17) is 0 Å². The second kappa shape index (κ2) is 9.08. The van der Waals surface area contributed by atoms with Crippen molar-refractivity contribution in [3.8, 4) is 0 Å². The first kappa shape index (κ1) is 22.6. The predicted molar refractivity (Wildman–Crippen MR) is 152 cm³/mol. The molecule has 5 aromatic carbocycles. The summed E-state index contributed by atoms with van der Waals surface area (Å²) in [7, 11) is 0.